The lowest BCUT2D eigenvalue weighted by atomic mass is 10.1. The maximum Gasteiger partial charge on any atom is 0.332 e. The van der Waals surface area contributed by atoms with Crippen molar-refractivity contribution < 1.29 is 9.47 Å². The molecule has 30 heavy (non-hydrogen) atoms. The molecule has 0 bridgehead atoms. The minimum atomic E-state index is -0.412. The van der Waals surface area contributed by atoms with Crippen molar-refractivity contribution in [2.75, 3.05) is 6.79 Å². The standard InChI is InChI=1S/C23H19N3O4/c1-15(17-6-3-2-4-7-17)26-18-8-5-11-24-21(18)22(27)25(23(26)28)13-16-9-10-19-20(12-16)30-14-29-19/h2-12,15H,13-14H2,1H3/t15-/m0/s1. The molecule has 0 fully saturated rings. The van der Waals surface area contributed by atoms with Crippen molar-refractivity contribution in [2.45, 2.75) is 19.5 Å². The lowest BCUT2D eigenvalue weighted by molar-refractivity contribution is 0.174. The molecule has 0 amide bonds. The van der Waals surface area contributed by atoms with Crippen LogP contribution in [0.4, 0.5) is 0 Å². The fraction of sp³-hybridized carbons (Fsp3) is 0.174. The summed E-state index contributed by atoms with van der Waals surface area (Å²) < 4.78 is 13.6. The van der Waals surface area contributed by atoms with Crippen LogP contribution in [-0.2, 0) is 6.54 Å². The molecule has 7 heteroatoms. The van der Waals surface area contributed by atoms with Crippen LogP contribution in [0.25, 0.3) is 11.0 Å². The van der Waals surface area contributed by atoms with Gasteiger partial charge in [0.15, 0.2) is 17.0 Å². The van der Waals surface area contributed by atoms with Gasteiger partial charge in [0.2, 0.25) is 6.79 Å². The molecule has 2 aromatic carbocycles. The Kier molecular flexibility index (Phi) is 4.35. The van der Waals surface area contributed by atoms with Crippen LogP contribution in [0, 0.1) is 0 Å². The number of nitrogens with zero attached hydrogens (tertiary/aromatic N) is 3. The third-order valence-electron chi connectivity index (χ3n) is 5.38. The highest BCUT2D eigenvalue weighted by atomic mass is 16.7. The maximum atomic E-state index is 13.5. The molecule has 0 aliphatic carbocycles. The molecule has 0 unspecified atom stereocenters. The maximum absolute atomic E-state index is 13.5. The van der Waals surface area contributed by atoms with E-state index < -0.39 is 5.56 Å². The molecule has 5 rings (SSSR count). The molecule has 1 atom stereocenters. The molecule has 0 saturated carbocycles. The first-order valence-electron chi connectivity index (χ1n) is 9.67. The number of aromatic nitrogens is 3. The Balaban J connectivity index is 1.69. The quantitative estimate of drug-likeness (QED) is 0.526. The normalized spacial score (nSPS) is 13.5. The van der Waals surface area contributed by atoms with Gasteiger partial charge in [0.25, 0.3) is 5.56 Å². The second kappa shape index (κ2) is 7.18. The van der Waals surface area contributed by atoms with Gasteiger partial charge in [-0.25, -0.2) is 9.78 Å². The third kappa shape index (κ3) is 2.95. The number of rotatable bonds is 4. The first-order valence-corrected chi connectivity index (χ1v) is 9.67. The number of ether oxygens (including phenoxy) is 2. The van der Waals surface area contributed by atoms with Crippen LogP contribution in [0.1, 0.15) is 24.1 Å². The number of pyridine rings is 1. The summed E-state index contributed by atoms with van der Waals surface area (Å²) in [5, 5.41) is 0. The van der Waals surface area contributed by atoms with Crippen molar-refractivity contribution in [1.82, 2.24) is 14.1 Å². The van der Waals surface area contributed by atoms with Gasteiger partial charge in [-0.3, -0.25) is 13.9 Å². The van der Waals surface area contributed by atoms with E-state index in [0.717, 1.165) is 11.1 Å². The molecule has 2 aromatic heterocycles. The Morgan fingerprint density at radius 2 is 1.80 bits per heavy atom. The van der Waals surface area contributed by atoms with Gasteiger partial charge in [0, 0.05) is 6.20 Å². The fourth-order valence-electron chi connectivity index (χ4n) is 3.82. The van der Waals surface area contributed by atoms with E-state index in [0.29, 0.717) is 17.0 Å². The van der Waals surface area contributed by atoms with E-state index in [4.69, 9.17) is 9.47 Å². The van der Waals surface area contributed by atoms with Gasteiger partial charge in [-0.05, 0) is 42.3 Å². The van der Waals surface area contributed by atoms with Crippen LogP contribution in [0.2, 0.25) is 0 Å². The molecule has 0 radical (unpaired) electrons. The Morgan fingerprint density at radius 3 is 2.63 bits per heavy atom. The Labute approximate surface area is 171 Å². The summed E-state index contributed by atoms with van der Waals surface area (Å²) in [4.78, 5) is 30.9. The van der Waals surface area contributed by atoms with Crippen molar-refractivity contribution in [3.05, 3.63) is 98.8 Å². The smallest absolute Gasteiger partial charge is 0.332 e. The summed E-state index contributed by atoms with van der Waals surface area (Å²) in [5.41, 5.74) is 1.73. The molecule has 1 aliphatic heterocycles. The molecule has 0 spiro atoms. The van der Waals surface area contributed by atoms with Crippen LogP contribution in [0.5, 0.6) is 11.5 Å². The highest BCUT2D eigenvalue weighted by Gasteiger charge is 2.20. The molecule has 7 nitrogen and oxygen atoms in total. The highest BCUT2D eigenvalue weighted by molar-refractivity contribution is 5.73. The number of hydrogen-bond donors (Lipinski definition) is 0. The fourth-order valence-corrected chi connectivity index (χ4v) is 3.82. The van der Waals surface area contributed by atoms with Gasteiger partial charge < -0.3 is 9.47 Å². The van der Waals surface area contributed by atoms with E-state index in [1.54, 1.807) is 35.0 Å². The molecule has 3 heterocycles. The van der Waals surface area contributed by atoms with Gasteiger partial charge in [-0.2, -0.15) is 0 Å². The largest absolute Gasteiger partial charge is 0.454 e. The van der Waals surface area contributed by atoms with Crippen LogP contribution in [0.15, 0.2) is 76.4 Å². The lowest BCUT2D eigenvalue weighted by Gasteiger charge is -2.20. The summed E-state index contributed by atoms with van der Waals surface area (Å²) in [6.07, 6.45) is 1.57. The van der Waals surface area contributed by atoms with Gasteiger partial charge in [-0.15, -0.1) is 0 Å². The summed E-state index contributed by atoms with van der Waals surface area (Å²) in [6, 6.07) is 18.3. The number of benzene rings is 2. The van der Waals surface area contributed by atoms with Gasteiger partial charge in [0.1, 0.15) is 0 Å². The monoisotopic (exact) mass is 401 g/mol. The molecule has 0 saturated heterocycles. The zero-order valence-corrected chi connectivity index (χ0v) is 16.3. The second-order valence-electron chi connectivity index (χ2n) is 7.19. The van der Waals surface area contributed by atoms with E-state index in [-0.39, 0.29) is 30.6 Å². The van der Waals surface area contributed by atoms with E-state index in [9.17, 15) is 9.59 Å². The van der Waals surface area contributed by atoms with Crippen molar-refractivity contribution in [3.8, 4) is 11.5 Å². The molecular formula is C23H19N3O4. The average Bonchev–Trinajstić information content (AvgIpc) is 3.25. The Hall–Kier alpha value is -3.87. The van der Waals surface area contributed by atoms with Crippen molar-refractivity contribution in [2.24, 2.45) is 0 Å². The van der Waals surface area contributed by atoms with E-state index in [1.807, 2.05) is 43.3 Å². The second-order valence-corrected chi connectivity index (χ2v) is 7.19. The molecular weight excluding hydrogens is 382 g/mol. The zero-order chi connectivity index (χ0) is 20.7. The minimum absolute atomic E-state index is 0.113. The van der Waals surface area contributed by atoms with Gasteiger partial charge >= 0.3 is 5.69 Å². The first-order chi connectivity index (χ1) is 14.6. The van der Waals surface area contributed by atoms with Crippen LogP contribution < -0.4 is 20.7 Å². The van der Waals surface area contributed by atoms with Crippen LogP contribution in [0.3, 0.4) is 0 Å². The predicted octanol–water partition coefficient (Wildman–Crippen LogP) is 2.94. The molecule has 1 aliphatic rings. The lowest BCUT2D eigenvalue weighted by Crippen LogP contribution is -2.41. The highest BCUT2D eigenvalue weighted by Crippen LogP contribution is 2.32. The predicted molar refractivity (Wildman–Crippen MR) is 112 cm³/mol. The van der Waals surface area contributed by atoms with E-state index in [1.165, 1.54) is 4.57 Å². The Bertz CT molecular complexity index is 1360. The average molecular weight is 401 g/mol. The summed E-state index contributed by atoms with van der Waals surface area (Å²) in [6.45, 7) is 2.22. The van der Waals surface area contributed by atoms with Gasteiger partial charge in [-0.1, -0.05) is 36.4 Å². The molecule has 150 valence electrons. The van der Waals surface area contributed by atoms with Gasteiger partial charge in [0.05, 0.1) is 18.1 Å². The van der Waals surface area contributed by atoms with E-state index in [2.05, 4.69) is 4.98 Å². The SMILES string of the molecule is C[C@@H](c1ccccc1)n1c(=O)n(Cc2ccc3c(c2)OCO3)c(=O)c2ncccc21. The van der Waals surface area contributed by atoms with Crippen LogP contribution in [-0.4, -0.2) is 20.9 Å². The van der Waals surface area contributed by atoms with Crippen molar-refractivity contribution in [3.63, 3.8) is 0 Å². The molecule has 4 aromatic rings. The molecule has 0 N–H and O–H groups in total. The zero-order valence-electron chi connectivity index (χ0n) is 16.3. The summed E-state index contributed by atoms with van der Waals surface area (Å²) >= 11 is 0. The topological polar surface area (TPSA) is 75.3 Å². The Morgan fingerprint density at radius 1 is 1.00 bits per heavy atom. The number of fused-ring (bicyclic) bond motifs is 2. The summed E-state index contributed by atoms with van der Waals surface area (Å²) in [7, 11) is 0. The summed E-state index contributed by atoms with van der Waals surface area (Å²) in [5.74, 6) is 1.26. The van der Waals surface area contributed by atoms with Crippen LogP contribution >= 0.6 is 0 Å². The third-order valence-corrected chi connectivity index (χ3v) is 5.38. The minimum Gasteiger partial charge on any atom is -0.454 e. The number of hydrogen-bond acceptors (Lipinski definition) is 5. The van der Waals surface area contributed by atoms with Crippen molar-refractivity contribution >= 4 is 11.0 Å². The van der Waals surface area contributed by atoms with Crippen molar-refractivity contribution in [1.29, 1.82) is 0 Å². The van der Waals surface area contributed by atoms with E-state index >= 15 is 0 Å². The first kappa shape index (κ1) is 18.2.